The molecule has 1 saturated heterocycles. The molecule has 6 nitrogen and oxygen atoms in total. The summed E-state index contributed by atoms with van der Waals surface area (Å²) in [5.74, 6) is 1.17. The summed E-state index contributed by atoms with van der Waals surface area (Å²) < 4.78 is 10.4. The van der Waals surface area contributed by atoms with Gasteiger partial charge in [-0.1, -0.05) is 0 Å². The lowest BCUT2D eigenvalue weighted by atomic mass is 10.2. The Balaban J connectivity index is 1.95. The molecular weight excluding hydrogens is 232 g/mol. The normalized spacial score (nSPS) is 15.9. The lowest BCUT2D eigenvalue weighted by Crippen LogP contribution is -2.37. The van der Waals surface area contributed by atoms with Crippen molar-refractivity contribution in [2.75, 3.05) is 36.9 Å². The van der Waals surface area contributed by atoms with E-state index in [0.717, 1.165) is 30.2 Å². The SMILES string of the molecule is Nc1ncc(-c2ccoc2)nc1N1CCOCC1. The van der Waals surface area contributed by atoms with Gasteiger partial charge >= 0.3 is 0 Å². The third-order valence-corrected chi connectivity index (χ3v) is 2.91. The van der Waals surface area contributed by atoms with Crippen molar-refractivity contribution < 1.29 is 9.15 Å². The highest BCUT2D eigenvalue weighted by Gasteiger charge is 2.17. The van der Waals surface area contributed by atoms with E-state index in [-0.39, 0.29) is 0 Å². The van der Waals surface area contributed by atoms with Crippen LogP contribution in [0.15, 0.2) is 29.2 Å². The molecule has 0 aliphatic carbocycles. The van der Waals surface area contributed by atoms with Gasteiger partial charge < -0.3 is 19.8 Å². The number of aromatic nitrogens is 2. The Hall–Kier alpha value is -2.08. The van der Waals surface area contributed by atoms with Crippen LogP contribution in [0, 0.1) is 0 Å². The molecule has 3 heterocycles. The first-order valence-electron chi connectivity index (χ1n) is 5.82. The summed E-state index contributed by atoms with van der Waals surface area (Å²) in [7, 11) is 0. The van der Waals surface area contributed by atoms with Crippen LogP contribution in [0.2, 0.25) is 0 Å². The molecule has 0 atom stereocenters. The third-order valence-electron chi connectivity index (χ3n) is 2.91. The van der Waals surface area contributed by atoms with Crippen LogP contribution in [0.5, 0.6) is 0 Å². The van der Waals surface area contributed by atoms with E-state index in [1.807, 2.05) is 6.07 Å². The molecule has 2 aromatic rings. The van der Waals surface area contributed by atoms with Gasteiger partial charge in [0.1, 0.15) is 0 Å². The maximum atomic E-state index is 5.89. The topological polar surface area (TPSA) is 77.4 Å². The first kappa shape index (κ1) is 11.0. The number of morpholine rings is 1. The van der Waals surface area contributed by atoms with Crippen LogP contribution in [0.25, 0.3) is 11.3 Å². The molecule has 0 saturated carbocycles. The molecule has 18 heavy (non-hydrogen) atoms. The first-order chi connectivity index (χ1) is 8.84. The second-order valence-corrected chi connectivity index (χ2v) is 4.08. The first-order valence-corrected chi connectivity index (χ1v) is 5.82. The number of nitrogen functional groups attached to an aromatic ring is 1. The number of rotatable bonds is 2. The van der Waals surface area contributed by atoms with Gasteiger partial charge in [-0.25, -0.2) is 9.97 Å². The molecule has 0 aromatic carbocycles. The highest BCUT2D eigenvalue weighted by Crippen LogP contribution is 2.24. The molecular formula is C12H14N4O2. The van der Waals surface area contributed by atoms with Crippen LogP contribution in [-0.4, -0.2) is 36.3 Å². The quantitative estimate of drug-likeness (QED) is 0.856. The van der Waals surface area contributed by atoms with Crippen LogP contribution in [0.4, 0.5) is 11.6 Å². The number of hydrogen-bond acceptors (Lipinski definition) is 6. The second-order valence-electron chi connectivity index (χ2n) is 4.08. The van der Waals surface area contributed by atoms with Crippen LogP contribution in [-0.2, 0) is 4.74 Å². The smallest absolute Gasteiger partial charge is 0.172 e. The van der Waals surface area contributed by atoms with Crippen molar-refractivity contribution in [3.05, 3.63) is 24.8 Å². The molecule has 0 amide bonds. The molecule has 1 aliphatic rings. The van der Waals surface area contributed by atoms with Crippen LogP contribution < -0.4 is 10.6 Å². The molecule has 6 heteroatoms. The molecule has 1 fully saturated rings. The molecule has 0 radical (unpaired) electrons. The summed E-state index contributed by atoms with van der Waals surface area (Å²) >= 11 is 0. The summed E-state index contributed by atoms with van der Waals surface area (Å²) in [6, 6.07) is 1.85. The van der Waals surface area contributed by atoms with Gasteiger partial charge in [-0.2, -0.15) is 0 Å². The van der Waals surface area contributed by atoms with E-state index in [2.05, 4.69) is 14.9 Å². The Morgan fingerprint density at radius 3 is 2.83 bits per heavy atom. The Labute approximate surface area is 104 Å². The predicted octanol–water partition coefficient (Wildman–Crippen LogP) is 1.16. The molecule has 0 bridgehead atoms. The van der Waals surface area contributed by atoms with Crippen molar-refractivity contribution in [3.8, 4) is 11.3 Å². The van der Waals surface area contributed by atoms with Crippen molar-refractivity contribution >= 4 is 11.6 Å². The van der Waals surface area contributed by atoms with Crippen molar-refractivity contribution in [1.82, 2.24) is 9.97 Å². The van der Waals surface area contributed by atoms with Gasteiger partial charge in [0.2, 0.25) is 0 Å². The van der Waals surface area contributed by atoms with Gasteiger partial charge in [0.15, 0.2) is 11.6 Å². The fourth-order valence-electron chi connectivity index (χ4n) is 1.95. The van der Waals surface area contributed by atoms with Gasteiger partial charge in [0.25, 0.3) is 0 Å². The summed E-state index contributed by atoms with van der Waals surface area (Å²) in [5, 5.41) is 0. The van der Waals surface area contributed by atoms with Gasteiger partial charge in [-0.05, 0) is 6.07 Å². The zero-order valence-corrected chi connectivity index (χ0v) is 9.87. The lowest BCUT2D eigenvalue weighted by Gasteiger charge is -2.28. The van der Waals surface area contributed by atoms with E-state index >= 15 is 0 Å². The lowest BCUT2D eigenvalue weighted by molar-refractivity contribution is 0.122. The molecule has 3 rings (SSSR count). The van der Waals surface area contributed by atoms with E-state index in [9.17, 15) is 0 Å². The zero-order chi connectivity index (χ0) is 12.4. The zero-order valence-electron chi connectivity index (χ0n) is 9.87. The molecule has 94 valence electrons. The van der Waals surface area contributed by atoms with E-state index in [1.54, 1.807) is 18.7 Å². The third kappa shape index (κ3) is 2.02. The Kier molecular flexibility index (Phi) is 2.85. The molecule has 2 N–H and O–H groups in total. The fourth-order valence-corrected chi connectivity index (χ4v) is 1.95. The van der Waals surface area contributed by atoms with E-state index < -0.39 is 0 Å². The van der Waals surface area contributed by atoms with Gasteiger partial charge in [0, 0.05) is 18.7 Å². The molecule has 0 spiro atoms. The Bertz CT molecular complexity index is 521. The number of ether oxygens (including phenoxy) is 1. The minimum Gasteiger partial charge on any atom is -0.472 e. The van der Waals surface area contributed by atoms with Gasteiger partial charge in [-0.3, -0.25) is 0 Å². The van der Waals surface area contributed by atoms with E-state index in [1.165, 1.54) is 0 Å². The average Bonchev–Trinajstić information content (AvgIpc) is 2.94. The van der Waals surface area contributed by atoms with Crippen LogP contribution in [0.3, 0.4) is 0 Å². The van der Waals surface area contributed by atoms with Crippen molar-refractivity contribution in [2.24, 2.45) is 0 Å². The second kappa shape index (κ2) is 4.66. The molecule has 2 aromatic heterocycles. The summed E-state index contributed by atoms with van der Waals surface area (Å²) in [5.41, 5.74) is 7.56. The maximum Gasteiger partial charge on any atom is 0.172 e. The van der Waals surface area contributed by atoms with Crippen LogP contribution >= 0.6 is 0 Å². The Morgan fingerprint density at radius 2 is 2.11 bits per heavy atom. The monoisotopic (exact) mass is 246 g/mol. The van der Waals surface area contributed by atoms with E-state index in [0.29, 0.717) is 19.0 Å². The van der Waals surface area contributed by atoms with Crippen molar-refractivity contribution in [3.63, 3.8) is 0 Å². The summed E-state index contributed by atoms with van der Waals surface area (Å²) in [4.78, 5) is 10.9. The number of furan rings is 1. The van der Waals surface area contributed by atoms with E-state index in [4.69, 9.17) is 14.9 Å². The van der Waals surface area contributed by atoms with Crippen molar-refractivity contribution in [2.45, 2.75) is 0 Å². The number of nitrogens with two attached hydrogens (primary N) is 1. The summed E-state index contributed by atoms with van der Waals surface area (Å²) in [6.07, 6.45) is 4.91. The Morgan fingerprint density at radius 1 is 1.28 bits per heavy atom. The summed E-state index contributed by atoms with van der Waals surface area (Å²) in [6.45, 7) is 2.95. The maximum absolute atomic E-state index is 5.89. The fraction of sp³-hybridized carbons (Fsp3) is 0.333. The average molecular weight is 246 g/mol. The predicted molar refractivity (Wildman–Crippen MR) is 67.2 cm³/mol. The van der Waals surface area contributed by atoms with Crippen LogP contribution in [0.1, 0.15) is 0 Å². The van der Waals surface area contributed by atoms with Crippen molar-refractivity contribution in [1.29, 1.82) is 0 Å². The largest absolute Gasteiger partial charge is 0.472 e. The number of hydrogen-bond donors (Lipinski definition) is 1. The highest BCUT2D eigenvalue weighted by atomic mass is 16.5. The number of nitrogens with zero attached hydrogens (tertiary/aromatic N) is 3. The highest BCUT2D eigenvalue weighted by molar-refractivity contribution is 5.65. The molecule has 1 aliphatic heterocycles. The minimum absolute atomic E-state index is 0.448. The number of anilines is 2. The minimum atomic E-state index is 0.448. The van der Waals surface area contributed by atoms with Gasteiger partial charge in [-0.15, -0.1) is 0 Å². The molecule has 0 unspecified atom stereocenters. The standard InChI is InChI=1S/C12H14N4O2/c13-11-12(16-2-5-17-6-3-16)15-10(7-14-11)9-1-4-18-8-9/h1,4,7-8H,2-3,5-6H2,(H2,13,14). The van der Waals surface area contributed by atoms with Gasteiger partial charge in [0.05, 0.1) is 37.6 Å².